The van der Waals surface area contributed by atoms with Gasteiger partial charge in [0.1, 0.15) is 0 Å². The van der Waals surface area contributed by atoms with Gasteiger partial charge in [0.2, 0.25) is 0 Å². The molecule has 1 fully saturated rings. The molecule has 0 spiro atoms. The minimum Gasteiger partial charge on any atom is -0.618 e. The van der Waals surface area contributed by atoms with Crippen LogP contribution >= 0.6 is 15.9 Å². The fourth-order valence-corrected chi connectivity index (χ4v) is 3.41. The molecular formula is C15H15BrFNO2. The Labute approximate surface area is 125 Å². The van der Waals surface area contributed by atoms with Crippen molar-refractivity contribution in [1.29, 1.82) is 0 Å². The van der Waals surface area contributed by atoms with Crippen molar-refractivity contribution >= 4 is 26.8 Å². The van der Waals surface area contributed by atoms with Crippen LogP contribution in [0.15, 0.2) is 22.8 Å². The average molecular weight is 340 g/mol. The van der Waals surface area contributed by atoms with E-state index in [4.69, 9.17) is 4.74 Å². The lowest BCUT2D eigenvalue weighted by atomic mass is 9.92. The molecule has 2 heterocycles. The van der Waals surface area contributed by atoms with Crippen LogP contribution in [-0.2, 0) is 4.74 Å². The van der Waals surface area contributed by atoms with Gasteiger partial charge in [0.15, 0.2) is 12.0 Å². The SMILES string of the molecule is Cc1cc(Br)c2cc(C3CCOCC3)c[n+]([O-])c2c1F. The van der Waals surface area contributed by atoms with E-state index in [1.165, 1.54) is 6.20 Å². The Hall–Kier alpha value is -1.20. The van der Waals surface area contributed by atoms with Gasteiger partial charge in [-0.3, -0.25) is 0 Å². The van der Waals surface area contributed by atoms with Gasteiger partial charge in [-0.15, -0.1) is 0 Å². The minimum absolute atomic E-state index is 0.104. The third kappa shape index (κ3) is 2.29. The summed E-state index contributed by atoms with van der Waals surface area (Å²) in [5.74, 6) is -0.138. The number of hydrogen-bond donors (Lipinski definition) is 0. The van der Waals surface area contributed by atoms with Gasteiger partial charge in [0.25, 0.3) is 5.52 Å². The maximum absolute atomic E-state index is 14.2. The van der Waals surface area contributed by atoms with Crippen molar-refractivity contribution in [2.45, 2.75) is 25.7 Å². The molecule has 0 N–H and O–H groups in total. The summed E-state index contributed by atoms with van der Waals surface area (Å²) in [6, 6.07) is 3.64. The molecule has 1 aliphatic rings. The van der Waals surface area contributed by atoms with Crippen LogP contribution in [0.4, 0.5) is 4.39 Å². The first-order valence-corrected chi connectivity index (χ1v) is 7.46. The molecule has 1 saturated heterocycles. The van der Waals surface area contributed by atoms with E-state index in [1.807, 2.05) is 6.07 Å². The summed E-state index contributed by atoms with van der Waals surface area (Å²) in [7, 11) is 0. The first kappa shape index (κ1) is 13.8. The Morgan fingerprint density at radius 1 is 1.35 bits per heavy atom. The average Bonchev–Trinajstić information content (AvgIpc) is 2.45. The highest BCUT2D eigenvalue weighted by molar-refractivity contribution is 9.10. The quantitative estimate of drug-likeness (QED) is 0.588. The molecule has 0 aliphatic carbocycles. The van der Waals surface area contributed by atoms with Gasteiger partial charge in [0, 0.05) is 23.2 Å². The zero-order chi connectivity index (χ0) is 14.3. The first-order chi connectivity index (χ1) is 9.58. The molecule has 20 heavy (non-hydrogen) atoms. The second-order valence-electron chi connectivity index (χ2n) is 5.24. The third-order valence-corrected chi connectivity index (χ3v) is 4.56. The van der Waals surface area contributed by atoms with Gasteiger partial charge in [-0.05, 0) is 59.3 Å². The second kappa shape index (κ2) is 5.30. The molecule has 106 valence electrons. The number of fused-ring (bicyclic) bond motifs is 1. The molecule has 0 bridgehead atoms. The molecule has 3 rings (SSSR count). The lowest BCUT2D eigenvalue weighted by Gasteiger charge is -2.22. The summed E-state index contributed by atoms with van der Waals surface area (Å²) in [6.45, 7) is 3.09. The summed E-state index contributed by atoms with van der Waals surface area (Å²) in [5.41, 5.74) is 1.53. The van der Waals surface area contributed by atoms with Crippen molar-refractivity contribution in [3.05, 3.63) is 45.0 Å². The number of aryl methyl sites for hydroxylation is 1. The van der Waals surface area contributed by atoms with Gasteiger partial charge >= 0.3 is 0 Å². The summed E-state index contributed by atoms with van der Waals surface area (Å²) >= 11 is 3.43. The smallest absolute Gasteiger partial charge is 0.261 e. The number of hydrogen-bond acceptors (Lipinski definition) is 2. The van der Waals surface area contributed by atoms with Crippen LogP contribution in [0.1, 0.15) is 29.9 Å². The molecule has 0 unspecified atom stereocenters. The molecule has 5 heteroatoms. The number of halogens is 2. The number of nitrogens with zero attached hydrogens (tertiary/aromatic N) is 1. The van der Waals surface area contributed by atoms with Crippen molar-refractivity contribution in [2.24, 2.45) is 0 Å². The van der Waals surface area contributed by atoms with Crippen molar-refractivity contribution in [3.8, 4) is 0 Å². The Bertz CT molecular complexity index is 669. The molecule has 0 radical (unpaired) electrons. The molecule has 0 atom stereocenters. The Morgan fingerprint density at radius 3 is 2.75 bits per heavy atom. The standard InChI is InChI=1S/C15H15BrFNO2/c1-9-6-13(16)12-7-11(10-2-4-20-5-3-10)8-18(19)15(12)14(9)17/h6-8,10H,2-5H2,1H3. The van der Waals surface area contributed by atoms with E-state index in [9.17, 15) is 9.60 Å². The molecule has 1 aromatic carbocycles. The number of benzene rings is 1. The fourth-order valence-electron chi connectivity index (χ4n) is 2.76. The van der Waals surface area contributed by atoms with Gasteiger partial charge in [-0.1, -0.05) is 0 Å². The minimum atomic E-state index is -0.447. The van der Waals surface area contributed by atoms with Crippen LogP contribution in [0.5, 0.6) is 0 Å². The van der Waals surface area contributed by atoms with Crippen LogP contribution in [0.2, 0.25) is 0 Å². The van der Waals surface area contributed by atoms with Crippen LogP contribution in [0, 0.1) is 17.9 Å². The van der Waals surface area contributed by atoms with E-state index in [1.54, 1.807) is 13.0 Å². The monoisotopic (exact) mass is 339 g/mol. The highest BCUT2D eigenvalue weighted by Crippen LogP contribution is 2.32. The summed E-state index contributed by atoms with van der Waals surface area (Å²) in [6.07, 6.45) is 3.31. The predicted molar refractivity (Wildman–Crippen MR) is 78.1 cm³/mol. The molecule has 1 aliphatic heterocycles. The summed E-state index contributed by atoms with van der Waals surface area (Å²) in [5, 5.41) is 12.8. The summed E-state index contributed by atoms with van der Waals surface area (Å²) in [4.78, 5) is 0. The maximum Gasteiger partial charge on any atom is 0.261 e. The molecule has 3 nitrogen and oxygen atoms in total. The highest BCUT2D eigenvalue weighted by Gasteiger charge is 2.22. The molecular weight excluding hydrogens is 325 g/mol. The van der Waals surface area contributed by atoms with E-state index in [0.29, 0.717) is 34.8 Å². The highest BCUT2D eigenvalue weighted by atomic mass is 79.9. The Kier molecular flexibility index (Phi) is 3.65. The predicted octanol–water partition coefficient (Wildman–Crippen LogP) is 3.58. The van der Waals surface area contributed by atoms with Gasteiger partial charge in [-0.25, -0.2) is 0 Å². The van der Waals surface area contributed by atoms with E-state index in [-0.39, 0.29) is 5.52 Å². The van der Waals surface area contributed by atoms with E-state index >= 15 is 0 Å². The van der Waals surface area contributed by atoms with Crippen molar-refractivity contribution in [3.63, 3.8) is 0 Å². The second-order valence-corrected chi connectivity index (χ2v) is 6.09. The van der Waals surface area contributed by atoms with Crippen molar-refractivity contribution < 1.29 is 13.9 Å². The van der Waals surface area contributed by atoms with E-state index in [0.717, 1.165) is 22.9 Å². The van der Waals surface area contributed by atoms with E-state index in [2.05, 4.69) is 15.9 Å². The maximum atomic E-state index is 14.2. The fraction of sp³-hybridized carbons (Fsp3) is 0.400. The van der Waals surface area contributed by atoms with Crippen molar-refractivity contribution in [2.75, 3.05) is 13.2 Å². The normalized spacial score (nSPS) is 16.8. The van der Waals surface area contributed by atoms with Gasteiger partial charge in [-0.2, -0.15) is 9.12 Å². The Balaban J connectivity index is 2.18. The van der Waals surface area contributed by atoms with Gasteiger partial charge in [0.05, 0.1) is 5.39 Å². The number of rotatable bonds is 1. The van der Waals surface area contributed by atoms with Crippen LogP contribution in [0.3, 0.4) is 0 Å². The number of aromatic nitrogens is 1. The van der Waals surface area contributed by atoms with Crippen molar-refractivity contribution in [1.82, 2.24) is 0 Å². The third-order valence-electron chi connectivity index (χ3n) is 3.90. The Morgan fingerprint density at radius 2 is 2.05 bits per heavy atom. The lowest BCUT2D eigenvalue weighted by Crippen LogP contribution is -2.30. The number of pyridine rings is 1. The molecule has 0 saturated carbocycles. The largest absolute Gasteiger partial charge is 0.618 e. The topological polar surface area (TPSA) is 36.2 Å². The number of ether oxygens (including phenoxy) is 1. The van der Waals surface area contributed by atoms with E-state index < -0.39 is 5.82 Å². The van der Waals surface area contributed by atoms with Crippen LogP contribution in [-0.4, -0.2) is 13.2 Å². The first-order valence-electron chi connectivity index (χ1n) is 6.67. The molecule has 1 aromatic heterocycles. The zero-order valence-electron chi connectivity index (χ0n) is 11.2. The van der Waals surface area contributed by atoms with Gasteiger partial charge < -0.3 is 9.94 Å². The van der Waals surface area contributed by atoms with Crippen LogP contribution in [0.25, 0.3) is 10.9 Å². The zero-order valence-corrected chi connectivity index (χ0v) is 12.7. The molecule has 2 aromatic rings. The summed E-state index contributed by atoms with van der Waals surface area (Å²) < 4.78 is 20.9. The molecule has 0 amide bonds. The van der Waals surface area contributed by atoms with Crippen LogP contribution < -0.4 is 4.73 Å². The lowest BCUT2D eigenvalue weighted by molar-refractivity contribution is -0.578.